The van der Waals surface area contributed by atoms with Crippen molar-refractivity contribution < 1.29 is 15.0 Å². The lowest BCUT2D eigenvalue weighted by atomic mass is 9.47. The van der Waals surface area contributed by atoms with Crippen LogP contribution in [0.15, 0.2) is 54.9 Å². The Labute approximate surface area is 222 Å². The minimum Gasteiger partial charge on any atom is -0.396 e. The highest BCUT2D eigenvalue weighted by Crippen LogP contribution is 2.62. The van der Waals surface area contributed by atoms with E-state index < -0.39 is 11.5 Å². The quantitative estimate of drug-likeness (QED) is 0.353. The molecule has 0 radical (unpaired) electrons. The molecule has 4 N–H and O–H groups in total. The lowest BCUT2D eigenvalue weighted by Crippen LogP contribution is -2.57. The second-order valence-electron chi connectivity index (χ2n) is 11.0. The summed E-state index contributed by atoms with van der Waals surface area (Å²) in [6, 6.07) is 14.0. The first-order chi connectivity index (χ1) is 17.8. The van der Waals surface area contributed by atoms with Crippen molar-refractivity contribution in [3.63, 3.8) is 0 Å². The monoisotopic (exact) mass is 520 g/mol. The van der Waals surface area contributed by atoms with Crippen molar-refractivity contribution in [3.8, 4) is 0 Å². The molecule has 3 aromatic rings. The normalized spacial score (nSPS) is 28.7. The van der Waals surface area contributed by atoms with Crippen LogP contribution < -0.4 is 10.6 Å². The lowest BCUT2D eigenvalue weighted by molar-refractivity contribution is -0.144. The van der Waals surface area contributed by atoms with Crippen LogP contribution in [-0.2, 0) is 24.3 Å². The topological polar surface area (TPSA) is 107 Å². The molecule has 5 unspecified atom stereocenters. The molecule has 1 aromatic carbocycles. The zero-order valence-corrected chi connectivity index (χ0v) is 22.3. The number of hydrogen-bond acceptors (Lipinski definition) is 7. The Hall–Kier alpha value is -2.81. The molecule has 37 heavy (non-hydrogen) atoms. The zero-order valence-electron chi connectivity index (χ0n) is 21.5. The van der Waals surface area contributed by atoms with Crippen LogP contribution in [0.1, 0.15) is 60.7 Å². The van der Waals surface area contributed by atoms with Crippen LogP contribution in [-0.4, -0.2) is 38.8 Å². The number of benzene rings is 1. The van der Waals surface area contributed by atoms with E-state index >= 15 is 0 Å². The lowest BCUT2D eigenvalue weighted by Gasteiger charge is -2.58. The average Bonchev–Trinajstić information content (AvgIpc) is 3.34. The number of pyridine rings is 1. The number of anilines is 1. The second-order valence-corrected chi connectivity index (χ2v) is 12.1. The van der Waals surface area contributed by atoms with Gasteiger partial charge in [0.15, 0.2) is 5.13 Å². The first-order valence-corrected chi connectivity index (χ1v) is 13.9. The van der Waals surface area contributed by atoms with E-state index in [4.69, 9.17) is 4.98 Å². The van der Waals surface area contributed by atoms with E-state index in [0.717, 1.165) is 34.1 Å². The first-order valence-electron chi connectivity index (χ1n) is 13.1. The van der Waals surface area contributed by atoms with Gasteiger partial charge >= 0.3 is 0 Å². The number of nitrogens with zero attached hydrogens (tertiary/aromatic N) is 2. The molecule has 0 bridgehead atoms. The molecule has 1 amide bonds. The van der Waals surface area contributed by atoms with Crippen LogP contribution in [0, 0.1) is 16.7 Å². The molecule has 8 heteroatoms. The predicted molar refractivity (Wildman–Crippen MR) is 145 cm³/mol. The molecule has 2 heterocycles. The number of fused-ring (bicyclic) bond motifs is 2. The maximum atomic E-state index is 13.3. The number of thiazole rings is 1. The van der Waals surface area contributed by atoms with Gasteiger partial charge in [0, 0.05) is 48.1 Å². The third-order valence-corrected chi connectivity index (χ3v) is 9.83. The van der Waals surface area contributed by atoms with Crippen LogP contribution in [0.4, 0.5) is 5.13 Å². The Morgan fingerprint density at radius 1 is 1.14 bits per heavy atom. The number of carbonyl (C=O) groups excluding carboxylic acids is 1. The molecule has 196 valence electrons. The maximum absolute atomic E-state index is 13.3. The molecule has 0 saturated heterocycles. The predicted octanol–water partition coefficient (Wildman–Crippen LogP) is 4.27. The Morgan fingerprint density at radius 3 is 2.65 bits per heavy atom. The van der Waals surface area contributed by atoms with E-state index in [2.05, 4.69) is 34.7 Å². The van der Waals surface area contributed by atoms with E-state index in [1.165, 1.54) is 5.56 Å². The number of aliphatic hydroxyl groups is 2. The molecule has 0 spiro atoms. The van der Waals surface area contributed by atoms with Crippen LogP contribution >= 0.6 is 11.3 Å². The number of aromatic nitrogens is 2. The fraction of sp³-hybridized carbons (Fsp3) is 0.483. The Balaban J connectivity index is 1.43. The Morgan fingerprint density at radius 2 is 1.92 bits per heavy atom. The molecule has 2 aliphatic rings. The van der Waals surface area contributed by atoms with Gasteiger partial charge in [0.25, 0.3) is 0 Å². The highest BCUT2D eigenvalue weighted by molar-refractivity contribution is 7.15. The molecule has 0 aliphatic heterocycles. The van der Waals surface area contributed by atoms with Gasteiger partial charge in [-0.2, -0.15) is 0 Å². The standard InChI is InChI=1S/C29H36N4O3S/c1-28-11-10-24(35)29(2,18-34)23(28)14-22-26(33-27(37-22)32-16-19-7-4-3-5-8-19)21(28)13-25(36)31-17-20-9-6-12-30-15-20/h3-9,12,15,21,23-24,34-35H,10-11,13-14,16-18H2,1-2H3,(H,31,36)(H,32,33). The van der Waals surface area contributed by atoms with Crippen LogP contribution in [0.2, 0.25) is 0 Å². The van der Waals surface area contributed by atoms with E-state index in [9.17, 15) is 15.0 Å². The summed E-state index contributed by atoms with van der Waals surface area (Å²) in [5.74, 6) is -0.0814. The summed E-state index contributed by atoms with van der Waals surface area (Å²) in [7, 11) is 0. The zero-order chi connectivity index (χ0) is 26.0. The summed E-state index contributed by atoms with van der Waals surface area (Å²) >= 11 is 1.64. The fourth-order valence-corrected chi connectivity index (χ4v) is 7.52. The van der Waals surface area contributed by atoms with Gasteiger partial charge in [0.1, 0.15) is 0 Å². The van der Waals surface area contributed by atoms with Crippen LogP contribution in [0.5, 0.6) is 0 Å². The first kappa shape index (κ1) is 25.8. The van der Waals surface area contributed by atoms with Gasteiger partial charge in [-0.3, -0.25) is 9.78 Å². The molecular formula is C29H36N4O3S. The maximum Gasteiger partial charge on any atom is 0.220 e. The smallest absolute Gasteiger partial charge is 0.220 e. The van der Waals surface area contributed by atoms with Crippen molar-refractivity contribution in [2.45, 2.75) is 64.6 Å². The summed E-state index contributed by atoms with van der Waals surface area (Å²) in [6.45, 7) is 5.26. The van der Waals surface area contributed by atoms with Crippen molar-refractivity contribution in [1.29, 1.82) is 0 Å². The van der Waals surface area contributed by atoms with E-state index in [1.54, 1.807) is 23.7 Å². The SMILES string of the molecule is CC1(CO)C(O)CCC2(C)C(CC(=O)NCc3cccnc3)c3nc(NCc4ccccc4)sc3CC12. The van der Waals surface area contributed by atoms with Gasteiger partial charge in [-0.1, -0.05) is 50.2 Å². The van der Waals surface area contributed by atoms with Crippen molar-refractivity contribution in [2.24, 2.45) is 16.7 Å². The molecule has 1 saturated carbocycles. The van der Waals surface area contributed by atoms with Gasteiger partial charge in [0.2, 0.25) is 5.91 Å². The molecule has 5 rings (SSSR count). The van der Waals surface area contributed by atoms with E-state index in [-0.39, 0.29) is 29.8 Å². The molecule has 2 aromatic heterocycles. The van der Waals surface area contributed by atoms with Gasteiger partial charge in [0.05, 0.1) is 18.4 Å². The molecule has 2 aliphatic carbocycles. The summed E-state index contributed by atoms with van der Waals surface area (Å²) < 4.78 is 0. The third-order valence-electron chi connectivity index (χ3n) is 8.78. The van der Waals surface area contributed by atoms with Gasteiger partial charge in [-0.15, -0.1) is 11.3 Å². The molecule has 1 fully saturated rings. The highest BCUT2D eigenvalue weighted by atomic mass is 32.1. The van der Waals surface area contributed by atoms with Gasteiger partial charge in [-0.25, -0.2) is 4.98 Å². The second kappa shape index (κ2) is 10.5. The van der Waals surface area contributed by atoms with Crippen molar-refractivity contribution >= 4 is 22.4 Å². The summed E-state index contributed by atoms with van der Waals surface area (Å²) in [4.78, 5) is 23.6. The minimum atomic E-state index is -0.628. The van der Waals surface area contributed by atoms with E-state index in [1.807, 2.05) is 37.3 Å². The number of carbonyl (C=O) groups is 1. The summed E-state index contributed by atoms with van der Waals surface area (Å²) in [5, 5.41) is 28.8. The summed E-state index contributed by atoms with van der Waals surface area (Å²) in [5.41, 5.74) is 2.24. The van der Waals surface area contributed by atoms with Crippen LogP contribution in [0.3, 0.4) is 0 Å². The Bertz CT molecular complexity index is 1220. The Kier molecular flexibility index (Phi) is 7.34. The van der Waals surface area contributed by atoms with Crippen LogP contribution in [0.25, 0.3) is 0 Å². The third kappa shape index (κ3) is 5.02. The number of hydrogen-bond donors (Lipinski definition) is 4. The molecule has 7 nitrogen and oxygen atoms in total. The van der Waals surface area contributed by atoms with Gasteiger partial charge in [-0.05, 0) is 47.8 Å². The number of rotatable bonds is 8. The largest absolute Gasteiger partial charge is 0.396 e. The minimum absolute atomic E-state index is 0.0229. The number of nitrogens with one attached hydrogen (secondary N) is 2. The van der Waals surface area contributed by atoms with Gasteiger partial charge < -0.3 is 20.8 Å². The van der Waals surface area contributed by atoms with Crippen molar-refractivity contribution in [1.82, 2.24) is 15.3 Å². The average molecular weight is 521 g/mol. The number of amides is 1. The highest BCUT2D eigenvalue weighted by Gasteiger charge is 2.59. The summed E-state index contributed by atoms with van der Waals surface area (Å²) in [6.07, 6.45) is 5.38. The molecule has 5 atom stereocenters. The fourth-order valence-electron chi connectivity index (χ4n) is 6.46. The van der Waals surface area contributed by atoms with Crippen molar-refractivity contribution in [3.05, 3.63) is 76.6 Å². The van der Waals surface area contributed by atoms with Crippen molar-refractivity contribution in [2.75, 3.05) is 11.9 Å². The molecular weight excluding hydrogens is 484 g/mol. The number of aliphatic hydroxyl groups excluding tert-OH is 2. The van der Waals surface area contributed by atoms with E-state index in [0.29, 0.717) is 25.9 Å².